The minimum atomic E-state index is 0.00231. The molecule has 0 aromatic carbocycles. The molecule has 0 N–H and O–H groups in total. The van der Waals surface area contributed by atoms with Crippen molar-refractivity contribution < 1.29 is 4.79 Å². The predicted octanol–water partition coefficient (Wildman–Crippen LogP) is 1.66. The maximum atomic E-state index is 10.4. The Hall–Kier alpha value is 0.500. The molecule has 0 saturated carbocycles. The lowest BCUT2D eigenvalue weighted by molar-refractivity contribution is -0.110. The minimum Gasteiger partial charge on any atom is -0.286 e. The Labute approximate surface area is 56.0 Å². The third-order valence-corrected chi connectivity index (χ3v) is 2.00. The summed E-state index contributed by atoms with van der Waals surface area (Å²) in [7, 11) is 0. The molecule has 0 radical (unpaired) electrons. The molecule has 0 spiro atoms. The van der Waals surface area contributed by atoms with Gasteiger partial charge in [0.2, 0.25) is 5.12 Å². The molecule has 0 heterocycles. The molecule has 42 valence electrons. The number of thioether (sulfide) groups is 1. The first-order chi connectivity index (χ1) is 3.18. The molecule has 0 amide bonds. The SMILES string of the molecule is CSC(=O)C(C)Br. The van der Waals surface area contributed by atoms with Crippen LogP contribution in [0.3, 0.4) is 0 Å². The Bertz CT molecular complexity index is 72.1. The van der Waals surface area contributed by atoms with Crippen LogP contribution in [-0.2, 0) is 4.79 Å². The van der Waals surface area contributed by atoms with E-state index in [1.165, 1.54) is 11.8 Å². The van der Waals surface area contributed by atoms with Gasteiger partial charge < -0.3 is 0 Å². The van der Waals surface area contributed by atoms with Crippen LogP contribution < -0.4 is 0 Å². The standard InChI is InChI=1S/C4H7BrOS/c1-3(5)4(6)7-2/h3H,1-2H3. The molecule has 0 aromatic rings. The largest absolute Gasteiger partial charge is 0.286 e. The minimum absolute atomic E-state index is 0.00231. The van der Waals surface area contributed by atoms with E-state index < -0.39 is 0 Å². The lowest BCUT2D eigenvalue weighted by atomic mass is 10.6. The number of rotatable bonds is 1. The van der Waals surface area contributed by atoms with E-state index in [4.69, 9.17) is 0 Å². The summed E-state index contributed by atoms with van der Waals surface area (Å²) in [5, 5.41) is 0.181. The Kier molecular flexibility index (Phi) is 3.75. The highest BCUT2D eigenvalue weighted by Crippen LogP contribution is 2.06. The van der Waals surface area contributed by atoms with Crippen molar-refractivity contribution in [3.8, 4) is 0 Å². The molecule has 0 rings (SSSR count). The highest BCUT2D eigenvalue weighted by Gasteiger charge is 2.04. The van der Waals surface area contributed by atoms with E-state index in [0.29, 0.717) is 0 Å². The Morgan fingerprint density at radius 3 is 2.29 bits per heavy atom. The second kappa shape index (κ2) is 3.50. The molecule has 0 aliphatic carbocycles. The smallest absolute Gasteiger partial charge is 0.202 e. The molecule has 7 heavy (non-hydrogen) atoms. The van der Waals surface area contributed by atoms with Gasteiger partial charge in [0.05, 0.1) is 4.83 Å². The van der Waals surface area contributed by atoms with E-state index in [1.54, 1.807) is 6.26 Å². The summed E-state index contributed by atoms with van der Waals surface area (Å²) in [4.78, 5) is 10.4. The molecule has 3 heteroatoms. The first-order valence-electron chi connectivity index (χ1n) is 1.90. The van der Waals surface area contributed by atoms with Crippen molar-refractivity contribution in [2.75, 3.05) is 6.26 Å². The van der Waals surface area contributed by atoms with Crippen molar-refractivity contribution in [2.45, 2.75) is 11.8 Å². The van der Waals surface area contributed by atoms with E-state index in [0.717, 1.165) is 0 Å². The van der Waals surface area contributed by atoms with Crippen LogP contribution in [-0.4, -0.2) is 16.2 Å². The van der Waals surface area contributed by atoms with E-state index >= 15 is 0 Å². The monoisotopic (exact) mass is 182 g/mol. The summed E-state index contributed by atoms with van der Waals surface area (Å²) in [6.45, 7) is 1.82. The van der Waals surface area contributed by atoms with E-state index in [1.807, 2.05) is 6.92 Å². The van der Waals surface area contributed by atoms with Crippen LogP contribution in [0.25, 0.3) is 0 Å². The zero-order chi connectivity index (χ0) is 5.86. The predicted molar refractivity (Wildman–Crippen MR) is 36.9 cm³/mol. The lowest BCUT2D eigenvalue weighted by Gasteiger charge is -1.93. The Morgan fingerprint density at radius 1 is 1.86 bits per heavy atom. The quantitative estimate of drug-likeness (QED) is 0.575. The summed E-state index contributed by atoms with van der Waals surface area (Å²) in [5.74, 6) is 0. The maximum absolute atomic E-state index is 10.4. The fourth-order valence-corrected chi connectivity index (χ4v) is 1.05. The normalized spacial score (nSPS) is 13.6. The van der Waals surface area contributed by atoms with Crippen molar-refractivity contribution in [3.63, 3.8) is 0 Å². The highest BCUT2D eigenvalue weighted by atomic mass is 79.9. The fourth-order valence-electron chi connectivity index (χ4n) is 0.162. The topological polar surface area (TPSA) is 17.1 Å². The van der Waals surface area contributed by atoms with E-state index in [2.05, 4.69) is 15.9 Å². The van der Waals surface area contributed by atoms with Gasteiger partial charge in [-0.2, -0.15) is 0 Å². The zero-order valence-electron chi connectivity index (χ0n) is 4.27. The van der Waals surface area contributed by atoms with Gasteiger partial charge in [-0.3, -0.25) is 4.79 Å². The number of hydrogen-bond donors (Lipinski definition) is 0. The first kappa shape index (κ1) is 7.50. The first-order valence-corrected chi connectivity index (χ1v) is 4.04. The van der Waals surface area contributed by atoms with Crippen molar-refractivity contribution in [2.24, 2.45) is 0 Å². The maximum Gasteiger partial charge on any atom is 0.202 e. The van der Waals surface area contributed by atoms with Crippen molar-refractivity contribution >= 4 is 32.8 Å². The molecule has 1 atom stereocenters. The summed E-state index contributed by atoms with van der Waals surface area (Å²) in [5.41, 5.74) is 0. The van der Waals surface area contributed by atoms with Crippen LogP contribution >= 0.6 is 27.7 Å². The van der Waals surface area contributed by atoms with Crippen molar-refractivity contribution in [1.29, 1.82) is 0 Å². The van der Waals surface area contributed by atoms with Crippen LogP contribution in [0.1, 0.15) is 6.92 Å². The number of halogens is 1. The summed E-state index contributed by atoms with van der Waals surface area (Å²) >= 11 is 4.38. The van der Waals surface area contributed by atoms with Gasteiger partial charge in [-0.05, 0) is 13.2 Å². The van der Waals surface area contributed by atoms with Crippen LogP contribution in [0.4, 0.5) is 0 Å². The molecule has 1 nitrogen and oxygen atoms in total. The third-order valence-electron chi connectivity index (χ3n) is 0.526. The number of carbonyl (C=O) groups is 1. The van der Waals surface area contributed by atoms with Crippen LogP contribution in [0.5, 0.6) is 0 Å². The zero-order valence-corrected chi connectivity index (χ0v) is 6.67. The summed E-state index contributed by atoms with van der Waals surface area (Å²) in [6.07, 6.45) is 1.78. The number of hydrogen-bond acceptors (Lipinski definition) is 2. The van der Waals surface area contributed by atoms with Crippen LogP contribution in [0, 0.1) is 0 Å². The van der Waals surface area contributed by atoms with Gasteiger partial charge in [-0.25, -0.2) is 0 Å². The molecule has 0 saturated heterocycles. The van der Waals surface area contributed by atoms with Gasteiger partial charge in [-0.1, -0.05) is 27.7 Å². The Morgan fingerprint density at radius 2 is 2.29 bits per heavy atom. The summed E-state index contributed by atoms with van der Waals surface area (Å²) in [6, 6.07) is 0. The second-order valence-corrected chi connectivity index (χ2v) is 3.32. The third kappa shape index (κ3) is 3.12. The van der Waals surface area contributed by atoms with E-state index in [9.17, 15) is 4.79 Å². The van der Waals surface area contributed by atoms with Crippen LogP contribution in [0.15, 0.2) is 0 Å². The highest BCUT2D eigenvalue weighted by molar-refractivity contribution is 9.10. The average molecular weight is 183 g/mol. The Balaban J connectivity index is 3.35. The van der Waals surface area contributed by atoms with Gasteiger partial charge in [-0.15, -0.1) is 0 Å². The molecular formula is C4H7BrOS. The van der Waals surface area contributed by atoms with Gasteiger partial charge in [0.1, 0.15) is 0 Å². The van der Waals surface area contributed by atoms with Gasteiger partial charge in [0.15, 0.2) is 0 Å². The molecule has 0 aromatic heterocycles. The van der Waals surface area contributed by atoms with Crippen molar-refractivity contribution in [3.05, 3.63) is 0 Å². The van der Waals surface area contributed by atoms with Gasteiger partial charge in [0, 0.05) is 0 Å². The number of alkyl halides is 1. The van der Waals surface area contributed by atoms with Crippen LogP contribution in [0.2, 0.25) is 0 Å². The lowest BCUT2D eigenvalue weighted by Crippen LogP contribution is -2.02. The van der Waals surface area contributed by atoms with Crippen molar-refractivity contribution in [1.82, 2.24) is 0 Å². The molecule has 0 bridgehead atoms. The van der Waals surface area contributed by atoms with Gasteiger partial charge >= 0.3 is 0 Å². The molecular weight excluding hydrogens is 176 g/mol. The summed E-state index contributed by atoms with van der Waals surface area (Å²) < 4.78 is 0. The number of carbonyl (C=O) groups excluding carboxylic acids is 1. The fraction of sp³-hybridized carbons (Fsp3) is 0.750. The van der Waals surface area contributed by atoms with Gasteiger partial charge in [0.25, 0.3) is 0 Å². The molecule has 1 unspecified atom stereocenters. The molecule has 0 aliphatic heterocycles. The van der Waals surface area contributed by atoms with E-state index in [-0.39, 0.29) is 9.94 Å². The average Bonchev–Trinajstić information content (AvgIpc) is 1.65. The molecule has 0 fully saturated rings. The second-order valence-electron chi connectivity index (χ2n) is 1.14. The molecule has 0 aliphatic rings.